The van der Waals surface area contributed by atoms with Crippen molar-refractivity contribution in [1.82, 2.24) is 0 Å². The number of alkyl halides is 4. The maximum atomic E-state index is 12.8. The predicted octanol–water partition coefficient (Wildman–Crippen LogP) is 6.81. The zero-order valence-electron chi connectivity index (χ0n) is 15.6. The molecule has 0 amide bonds. The van der Waals surface area contributed by atoms with Crippen molar-refractivity contribution < 1.29 is 22.3 Å². The Labute approximate surface area is 174 Å². The minimum Gasteiger partial charge on any atom is -0.494 e. The molecular weight excluding hydrogens is 449 g/mol. The van der Waals surface area contributed by atoms with Gasteiger partial charge in [0.05, 0.1) is 17.6 Å². The normalized spacial score (nSPS) is 11.7. The van der Waals surface area contributed by atoms with Crippen LogP contribution in [0.5, 0.6) is 5.75 Å². The highest BCUT2D eigenvalue weighted by molar-refractivity contribution is 9.09. The van der Waals surface area contributed by atoms with Crippen molar-refractivity contribution in [2.45, 2.75) is 31.9 Å². The fourth-order valence-electron chi connectivity index (χ4n) is 2.93. The van der Waals surface area contributed by atoms with Gasteiger partial charge >= 0.3 is 6.18 Å². The van der Waals surface area contributed by atoms with E-state index < -0.39 is 17.2 Å². The van der Waals surface area contributed by atoms with Crippen molar-refractivity contribution >= 4 is 26.9 Å². The quantitative estimate of drug-likeness (QED) is 0.269. The summed E-state index contributed by atoms with van der Waals surface area (Å²) < 4.78 is 49.9. The van der Waals surface area contributed by atoms with Crippen LogP contribution in [0.4, 0.5) is 13.2 Å². The zero-order valence-corrected chi connectivity index (χ0v) is 17.2. The van der Waals surface area contributed by atoms with Crippen LogP contribution in [-0.4, -0.2) is 11.9 Å². The molecule has 2 aromatic carbocycles. The smallest absolute Gasteiger partial charge is 0.416 e. The van der Waals surface area contributed by atoms with E-state index >= 15 is 0 Å². The van der Waals surface area contributed by atoms with E-state index in [1.165, 1.54) is 18.6 Å². The summed E-state index contributed by atoms with van der Waals surface area (Å²) in [5.74, 6) is 1.01. The van der Waals surface area contributed by atoms with Gasteiger partial charge in [-0.1, -0.05) is 28.8 Å². The Morgan fingerprint density at radius 1 is 0.931 bits per heavy atom. The Bertz CT molecular complexity index is 1010. The highest BCUT2D eigenvalue weighted by Crippen LogP contribution is 2.32. The van der Waals surface area contributed by atoms with Gasteiger partial charge in [-0.25, -0.2) is 0 Å². The van der Waals surface area contributed by atoms with Gasteiger partial charge in [0.2, 0.25) is 0 Å². The standard InChI is InChI=1S/C22H20BrF3O3/c23-11-3-1-2-4-12-28-17-8-5-15(6-9-17)21-14-19(27)18-13-16(22(24,25)26)7-10-20(18)29-21/h5-10,13-14H,1-4,11-12H2. The lowest BCUT2D eigenvalue weighted by molar-refractivity contribution is -0.137. The topological polar surface area (TPSA) is 39.4 Å². The summed E-state index contributed by atoms with van der Waals surface area (Å²) >= 11 is 3.41. The molecule has 0 aliphatic rings. The maximum Gasteiger partial charge on any atom is 0.416 e. The first-order chi connectivity index (χ1) is 13.9. The van der Waals surface area contributed by atoms with Gasteiger partial charge in [-0.3, -0.25) is 4.79 Å². The van der Waals surface area contributed by atoms with Gasteiger partial charge in [-0.15, -0.1) is 0 Å². The summed E-state index contributed by atoms with van der Waals surface area (Å²) in [5, 5.41) is 0.924. The van der Waals surface area contributed by atoms with Crippen LogP contribution in [0.25, 0.3) is 22.3 Å². The Morgan fingerprint density at radius 2 is 1.66 bits per heavy atom. The van der Waals surface area contributed by atoms with Crippen molar-refractivity contribution in [3.05, 3.63) is 64.3 Å². The molecule has 0 saturated heterocycles. The lowest BCUT2D eigenvalue weighted by Gasteiger charge is -2.09. The highest BCUT2D eigenvalue weighted by Gasteiger charge is 2.30. The van der Waals surface area contributed by atoms with Crippen molar-refractivity contribution in [3.63, 3.8) is 0 Å². The van der Waals surface area contributed by atoms with Crippen LogP contribution in [0.3, 0.4) is 0 Å². The van der Waals surface area contributed by atoms with Crippen LogP contribution < -0.4 is 10.2 Å². The van der Waals surface area contributed by atoms with E-state index in [-0.39, 0.29) is 11.0 Å². The van der Waals surface area contributed by atoms with Crippen LogP contribution in [0.15, 0.2) is 57.7 Å². The van der Waals surface area contributed by atoms with Crippen molar-refractivity contribution in [2.24, 2.45) is 0 Å². The molecule has 3 rings (SSSR count). The summed E-state index contributed by atoms with van der Waals surface area (Å²) in [7, 11) is 0. The molecule has 3 nitrogen and oxygen atoms in total. The SMILES string of the molecule is O=c1cc(-c2ccc(OCCCCCCBr)cc2)oc2ccc(C(F)(F)F)cc12. The van der Waals surface area contributed by atoms with Gasteiger partial charge in [0, 0.05) is 17.0 Å². The van der Waals surface area contributed by atoms with Crippen LogP contribution in [0, 0.1) is 0 Å². The van der Waals surface area contributed by atoms with E-state index in [2.05, 4.69) is 15.9 Å². The average Bonchev–Trinajstić information content (AvgIpc) is 2.70. The average molecular weight is 469 g/mol. The molecule has 0 bridgehead atoms. The first-order valence-corrected chi connectivity index (χ1v) is 10.4. The number of hydrogen-bond acceptors (Lipinski definition) is 3. The van der Waals surface area contributed by atoms with Crippen LogP contribution in [-0.2, 0) is 6.18 Å². The van der Waals surface area contributed by atoms with Gasteiger partial charge in [0.1, 0.15) is 17.1 Å². The number of halogens is 4. The van der Waals surface area contributed by atoms with Crippen molar-refractivity contribution in [3.8, 4) is 17.1 Å². The summed E-state index contributed by atoms with van der Waals surface area (Å²) in [4.78, 5) is 12.3. The van der Waals surface area contributed by atoms with E-state index in [1.807, 2.05) is 0 Å². The molecule has 1 aromatic heterocycles. The van der Waals surface area contributed by atoms with Crippen molar-refractivity contribution in [1.29, 1.82) is 0 Å². The van der Waals surface area contributed by atoms with E-state index in [9.17, 15) is 18.0 Å². The molecule has 0 fully saturated rings. The summed E-state index contributed by atoms with van der Waals surface area (Å²) in [6, 6.07) is 11.2. The molecule has 0 N–H and O–H groups in total. The monoisotopic (exact) mass is 468 g/mol. The number of hydrogen-bond donors (Lipinski definition) is 0. The minimum absolute atomic E-state index is 0.0940. The van der Waals surface area contributed by atoms with E-state index in [4.69, 9.17) is 9.15 Å². The van der Waals surface area contributed by atoms with E-state index in [1.54, 1.807) is 24.3 Å². The lowest BCUT2D eigenvalue weighted by atomic mass is 10.1. The summed E-state index contributed by atoms with van der Waals surface area (Å²) in [6.45, 7) is 0.633. The van der Waals surface area contributed by atoms with Crippen LogP contribution in [0.1, 0.15) is 31.2 Å². The second-order valence-corrected chi connectivity index (χ2v) is 7.45. The summed E-state index contributed by atoms with van der Waals surface area (Å²) in [5.41, 5.74) is -0.632. The lowest BCUT2D eigenvalue weighted by Crippen LogP contribution is -2.07. The molecule has 0 radical (unpaired) electrons. The molecular formula is C22H20BrF3O3. The molecule has 0 atom stereocenters. The fraction of sp³-hybridized carbons (Fsp3) is 0.318. The number of benzene rings is 2. The molecule has 154 valence electrons. The maximum absolute atomic E-state index is 12.8. The molecule has 0 saturated carbocycles. The number of unbranched alkanes of at least 4 members (excludes halogenated alkanes) is 3. The molecule has 0 unspecified atom stereocenters. The Hall–Kier alpha value is -2.28. The minimum atomic E-state index is -4.51. The third kappa shape index (κ3) is 5.63. The zero-order chi connectivity index (χ0) is 20.9. The van der Waals surface area contributed by atoms with Gasteiger partial charge < -0.3 is 9.15 Å². The number of fused-ring (bicyclic) bond motifs is 1. The Morgan fingerprint density at radius 3 is 2.34 bits per heavy atom. The van der Waals surface area contributed by atoms with Gasteiger partial charge in [-0.2, -0.15) is 13.2 Å². The molecule has 7 heteroatoms. The third-order valence-corrected chi connectivity index (χ3v) is 5.05. The first-order valence-electron chi connectivity index (χ1n) is 9.33. The van der Waals surface area contributed by atoms with Gasteiger partial charge in [0.15, 0.2) is 5.43 Å². The third-order valence-electron chi connectivity index (χ3n) is 4.49. The summed E-state index contributed by atoms with van der Waals surface area (Å²) in [6.07, 6.45) is -0.0958. The molecule has 0 aliphatic heterocycles. The number of rotatable bonds is 8. The van der Waals surface area contributed by atoms with E-state index in [0.29, 0.717) is 23.7 Å². The van der Waals surface area contributed by atoms with Gasteiger partial charge in [0.25, 0.3) is 0 Å². The number of ether oxygens (including phenoxy) is 1. The van der Waals surface area contributed by atoms with Crippen LogP contribution >= 0.6 is 15.9 Å². The fourth-order valence-corrected chi connectivity index (χ4v) is 3.33. The molecule has 0 spiro atoms. The van der Waals surface area contributed by atoms with E-state index in [0.717, 1.165) is 36.7 Å². The van der Waals surface area contributed by atoms with Crippen molar-refractivity contribution in [2.75, 3.05) is 11.9 Å². The second-order valence-electron chi connectivity index (χ2n) is 6.66. The largest absolute Gasteiger partial charge is 0.494 e. The Kier molecular flexibility index (Phi) is 7.00. The highest BCUT2D eigenvalue weighted by atomic mass is 79.9. The van der Waals surface area contributed by atoms with Gasteiger partial charge in [-0.05, 0) is 55.3 Å². The predicted molar refractivity (Wildman–Crippen MR) is 111 cm³/mol. The first kappa shape index (κ1) is 21.4. The van der Waals surface area contributed by atoms with Crippen LogP contribution in [0.2, 0.25) is 0 Å². The second kappa shape index (κ2) is 9.48. The molecule has 29 heavy (non-hydrogen) atoms. The molecule has 0 aliphatic carbocycles. The Balaban J connectivity index is 1.72. The molecule has 3 aromatic rings. The molecule has 1 heterocycles.